The predicted molar refractivity (Wildman–Crippen MR) is 76.6 cm³/mol. The Labute approximate surface area is 122 Å². The lowest BCUT2D eigenvalue weighted by Crippen LogP contribution is -2.48. The first-order valence-corrected chi connectivity index (χ1v) is 7.21. The summed E-state index contributed by atoms with van der Waals surface area (Å²) in [7, 11) is 0. The average molecular weight is 331 g/mol. The molecule has 2 rings (SSSR count). The third-order valence-corrected chi connectivity index (χ3v) is 4.63. The quantitative estimate of drug-likeness (QED) is 0.892. The fourth-order valence-corrected chi connectivity index (χ4v) is 3.39. The van der Waals surface area contributed by atoms with Crippen molar-refractivity contribution < 1.29 is 14.2 Å². The highest BCUT2D eigenvalue weighted by atomic mass is 79.9. The minimum absolute atomic E-state index is 0.294. The Bertz CT molecular complexity index is 499. The van der Waals surface area contributed by atoms with Crippen molar-refractivity contribution in [3.63, 3.8) is 0 Å². The van der Waals surface area contributed by atoms with Crippen LogP contribution in [0.25, 0.3) is 0 Å². The molecule has 1 aliphatic heterocycles. The van der Waals surface area contributed by atoms with E-state index in [9.17, 15) is 9.50 Å². The SMILES string of the molecule is CC1(C)CC(O)(Cc2cc(F)ccc2Br)C(C)(C)O1. The van der Waals surface area contributed by atoms with Gasteiger partial charge in [-0.1, -0.05) is 15.9 Å². The van der Waals surface area contributed by atoms with Crippen molar-refractivity contribution in [2.24, 2.45) is 0 Å². The first-order chi connectivity index (χ1) is 8.55. The van der Waals surface area contributed by atoms with Crippen molar-refractivity contribution in [2.75, 3.05) is 0 Å². The largest absolute Gasteiger partial charge is 0.386 e. The number of hydrogen-bond acceptors (Lipinski definition) is 2. The van der Waals surface area contributed by atoms with Crippen molar-refractivity contribution >= 4 is 15.9 Å². The number of aliphatic hydroxyl groups is 1. The smallest absolute Gasteiger partial charge is 0.123 e. The summed E-state index contributed by atoms with van der Waals surface area (Å²) in [5, 5.41) is 11.0. The number of benzene rings is 1. The molecule has 2 nitrogen and oxygen atoms in total. The van der Waals surface area contributed by atoms with Gasteiger partial charge in [0.2, 0.25) is 0 Å². The first-order valence-electron chi connectivity index (χ1n) is 6.41. The molecule has 1 heterocycles. The zero-order valence-electron chi connectivity index (χ0n) is 11.8. The molecule has 1 saturated heterocycles. The Balaban J connectivity index is 2.34. The van der Waals surface area contributed by atoms with Crippen molar-refractivity contribution in [1.29, 1.82) is 0 Å². The summed E-state index contributed by atoms with van der Waals surface area (Å²) in [5.41, 5.74) is -1.29. The van der Waals surface area contributed by atoms with Crippen LogP contribution in [0.3, 0.4) is 0 Å². The molecular weight excluding hydrogens is 311 g/mol. The number of hydrogen-bond donors (Lipinski definition) is 1. The van der Waals surface area contributed by atoms with Crippen molar-refractivity contribution in [1.82, 2.24) is 0 Å². The molecule has 0 spiro atoms. The van der Waals surface area contributed by atoms with Gasteiger partial charge in [-0.25, -0.2) is 4.39 Å². The van der Waals surface area contributed by atoms with Crippen LogP contribution in [0.15, 0.2) is 22.7 Å². The van der Waals surface area contributed by atoms with E-state index in [0.717, 1.165) is 10.0 Å². The van der Waals surface area contributed by atoms with Gasteiger partial charge in [-0.2, -0.15) is 0 Å². The fourth-order valence-electron chi connectivity index (χ4n) is 3.01. The molecule has 1 aromatic rings. The Morgan fingerprint density at radius 3 is 2.47 bits per heavy atom. The van der Waals surface area contributed by atoms with Gasteiger partial charge in [-0.3, -0.25) is 0 Å². The zero-order valence-corrected chi connectivity index (χ0v) is 13.3. The molecule has 1 atom stereocenters. The highest BCUT2D eigenvalue weighted by Gasteiger charge is 2.56. The molecule has 0 bridgehead atoms. The monoisotopic (exact) mass is 330 g/mol. The van der Waals surface area contributed by atoms with Gasteiger partial charge in [0.25, 0.3) is 0 Å². The summed E-state index contributed by atoms with van der Waals surface area (Å²) in [4.78, 5) is 0. The summed E-state index contributed by atoms with van der Waals surface area (Å²) in [5.74, 6) is -0.294. The van der Waals surface area contributed by atoms with Crippen LogP contribution >= 0.6 is 15.9 Å². The fraction of sp³-hybridized carbons (Fsp3) is 0.600. The highest BCUT2D eigenvalue weighted by Crippen LogP contribution is 2.47. The molecule has 0 amide bonds. The van der Waals surface area contributed by atoms with Gasteiger partial charge in [0.05, 0.1) is 16.8 Å². The van der Waals surface area contributed by atoms with Crippen LogP contribution in [0, 0.1) is 5.82 Å². The molecule has 4 heteroatoms. The average Bonchev–Trinajstić information content (AvgIpc) is 2.36. The second kappa shape index (κ2) is 4.54. The molecule has 0 aliphatic carbocycles. The lowest BCUT2D eigenvalue weighted by molar-refractivity contribution is -0.125. The molecule has 1 unspecified atom stereocenters. The minimum Gasteiger partial charge on any atom is -0.386 e. The van der Waals surface area contributed by atoms with Gasteiger partial charge in [-0.15, -0.1) is 0 Å². The summed E-state index contributed by atoms with van der Waals surface area (Å²) >= 11 is 3.41. The predicted octanol–water partition coefficient (Wildman–Crippen LogP) is 3.84. The molecule has 19 heavy (non-hydrogen) atoms. The van der Waals surface area contributed by atoms with Gasteiger partial charge >= 0.3 is 0 Å². The van der Waals surface area contributed by atoms with Crippen LogP contribution in [0.1, 0.15) is 39.7 Å². The number of halogens is 2. The van der Waals surface area contributed by atoms with Crippen molar-refractivity contribution in [3.05, 3.63) is 34.1 Å². The van der Waals surface area contributed by atoms with E-state index in [1.165, 1.54) is 12.1 Å². The van der Waals surface area contributed by atoms with Gasteiger partial charge in [0, 0.05) is 17.3 Å². The molecule has 1 fully saturated rings. The second-order valence-corrected chi connectivity index (χ2v) is 7.35. The topological polar surface area (TPSA) is 29.5 Å². The maximum absolute atomic E-state index is 13.4. The lowest BCUT2D eigenvalue weighted by Gasteiger charge is -2.35. The van der Waals surface area contributed by atoms with Crippen LogP contribution in [-0.2, 0) is 11.2 Å². The van der Waals surface area contributed by atoms with Crippen LogP contribution in [-0.4, -0.2) is 21.9 Å². The second-order valence-electron chi connectivity index (χ2n) is 6.49. The Hall–Kier alpha value is -0.450. The van der Waals surface area contributed by atoms with E-state index in [1.54, 1.807) is 6.07 Å². The first kappa shape index (κ1) is 14.9. The van der Waals surface area contributed by atoms with Gasteiger partial charge < -0.3 is 9.84 Å². The molecular formula is C15H20BrFO2. The van der Waals surface area contributed by atoms with E-state index < -0.39 is 11.2 Å². The molecule has 106 valence electrons. The molecule has 1 aliphatic rings. The van der Waals surface area contributed by atoms with Crippen LogP contribution in [0.2, 0.25) is 0 Å². The summed E-state index contributed by atoms with van der Waals surface area (Å²) in [6.45, 7) is 7.70. The molecule has 1 N–H and O–H groups in total. The van der Waals surface area contributed by atoms with Crippen LogP contribution in [0.5, 0.6) is 0 Å². The van der Waals surface area contributed by atoms with Gasteiger partial charge in [0.15, 0.2) is 0 Å². The van der Waals surface area contributed by atoms with E-state index >= 15 is 0 Å². The summed E-state index contributed by atoms with van der Waals surface area (Å²) in [6, 6.07) is 4.53. The van der Waals surface area contributed by atoms with E-state index in [1.807, 2.05) is 27.7 Å². The van der Waals surface area contributed by atoms with Crippen LogP contribution < -0.4 is 0 Å². The third kappa shape index (κ3) is 2.86. The zero-order chi connectivity index (χ0) is 14.5. The Morgan fingerprint density at radius 2 is 1.95 bits per heavy atom. The summed E-state index contributed by atoms with van der Waals surface area (Å²) in [6.07, 6.45) is 0.887. The molecule has 0 saturated carbocycles. The lowest BCUT2D eigenvalue weighted by atomic mass is 9.78. The summed E-state index contributed by atoms with van der Waals surface area (Å²) < 4.78 is 20.1. The number of ether oxygens (including phenoxy) is 1. The van der Waals surface area contributed by atoms with E-state index in [2.05, 4.69) is 15.9 Å². The normalized spacial score (nSPS) is 28.6. The van der Waals surface area contributed by atoms with Gasteiger partial charge in [-0.05, 0) is 51.5 Å². The van der Waals surface area contributed by atoms with E-state index in [0.29, 0.717) is 12.8 Å². The highest BCUT2D eigenvalue weighted by molar-refractivity contribution is 9.10. The van der Waals surface area contributed by atoms with Crippen LogP contribution in [0.4, 0.5) is 4.39 Å². The Morgan fingerprint density at radius 1 is 1.32 bits per heavy atom. The minimum atomic E-state index is -1.01. The molecule has 0 aromatic heterocycles. The number of rotatable bonds is 2. The maximum Gasteiger partial charge on any atom is 0.123 e. The third-order valence-electron chi connectivity index (χ3n) is 3.86. The van der Waals surface area contributed by atoms with E-state index in [-0.39, 0.29) is 11.4 Å². The Kier molecular flexibility index (Phi) is 3.57. The van der Waals surface area contributed by atoms with Gasteiger partial charge in [0.1, 0.15) is 5.82 Å². The maximum atomic E-state index is 13.4. The molecule has 0 radical (unpaired) electrons. The standard InChI is InChI=1S/C15H20BrFO2/c1-13(2)9-15(18,14(3,4)19-13)8-10-7-11(17)5-6-12(10)16/h5-7,18H,8-9H2,1-4H3. The van der Waals surface area contributed by atoms with Crippen molar-refractivity contribution in [3.8, 4) is 0 Å². The van der Waals surface area contributed by atoms with E-state index in [4.69, 9.17) is 4.74 Å². The van der Waals surface area contributed by atoms with Crippen molar-refractivity contribution in [2.45, 2.75) is 57.3 Å². The molecule has 1 aromatic carbocycles.